The third-order valence-electron chi connectivity index (χ3n) is 2.12. The number of carboxylic acids is 1. The summed E-state index contributed by atoms with van der Waals surface area (Å²) in [5, 5.41) is 9.68. The molecule has 3 nitrogen and oxygen atoms in total. The third kappa shape index (κ3) is 1.37. The summed E-state index contributed by atoms with van der Waals surface area (Å²) in [4.78, 5) is 14.8. The molecule has 0 atom stereocenters. The van der Waals surface area contributed by atoms with Crippen molar-refractivity contribution in [3.63, 3.8) is 0 Å². The minimum atomic E-state index is -0.894. The molecule has 1 heterocycles. The summed E-state index contributed by atoms with van der Waals surface area (Å²) in [6.45, 7) is 0. The average molecular weight is 207 g/mol. The Morgan fingerprint density at radius 2 is 2.29 bits per heavy atom. The van der Waals surface area contributed by atoms with Crippen LogP contribution in [0, 0.1) is 0 Å². The molecule has 2 N–H and O–H groups in total. The van der Waals surface area contributed by atoms with E-state index in [4.69, 9.17) is 5.11 Å². The number of H-pyrrole nitrogens is 1. The van der Waals surface area contributed by atoms with Crippen molar-refractivity contribution in [2.24, 2.45) is 0 Å². The molecule has 0 saturated carbocycles. The van der Waals surface area contributed by atoms with E-state index in [1.54, 1.807) is 11.8 Å². The number of aromatic nitrogens is 1. The molecule has 0 radical (unpaired) electrons. The van der Waals surface area contributed by atoms with Gasteiger partial charge >= 0.3 is 5.97 Å². The Labute approximate surface area is 85.1 Å². The summed E-state index contributed by atoms with van der Waals surface area (Å²) < 4.78 is 0. The van der Waals surface area contributed by atoms with Gasteiger partial charge in [-0.15, -0.1) is 11.8 Å². The van der Waals surface area contributed by atoms with Crippen molar-refractivity contribution in [3.8, 4) is 0 Å². The van der Waals surface area contributed by atoms with Crippen LogP contribution in [-0.4, -0.2) is 22.3 Å². The zero-order valence-electron chi connectivity index (χ0n) is 7.57. The first-order valence-electron chi connectivity index (χ1n) is 4.11. The van der Waals surface area contributed by atoms with Gasteiger partial charge in [-0.25, -0.2) is 4.79 Å². The fraction of sp³-hybridized carbons (Fsp3) is 0.100. The highest BCUT2D eigenvalue weighted by atomic mass is 32.2. The summed E-state index contributed by atoms with van der Waals surface area (Å²) in [7, 11) is 0. The number of aromatic amines is 1. The topological polar surface area (TPSA) is 53.1 Å². The van der Waals surface area contributed by atoms with E-state index in [1.165, 1.54) is 6.20 Å². The Morgan fingerprint density at radius 3 is 2.93 bits per heavy atom. The predicted octanol–water partition coefficient (Wildman–Crippen LogP) is 2.59. The lowest BCUT2D eigenvalue weighted by Crippen LogP contribution is -1.93. The quantitative estimate of drug-likeness (QED) is 0.744. The van der Waals surface area contributed by atoms with Crippen LogP contribution in [0.5, 0.6) is 0 Å². The van der Waals surface area contributed by atoms with Crippen molar-refractivity contribution < 1.29 is 9.90 Å². The Kier molecular flexibility index (Phi) is 2.21. The average Bonchev–Trinajstić information content (AvgIpc) is 2.59. The SMILES string of the molecule is CSc1ccc2[nH]cc(C(=O)O)c2c1. The number of rotatable bonds is 2. The highest BCUT2D eigenvalue weighted by molar-refractivity contribution is 7.98. The third-order valence-corrected chi connectivity index (χ3v) is 2.84. The fourth-order valence-electron chi connectivity index (χ4n) is 1.40. The Balaban J connectivity index is 2.69. The monoisotopic (exact) mass is 207 g/mol. The molecule has 0 unspecified atom stereocenters. The van der Waals surface area contributed by atoms with Gasteiger partial charge in [0.15, 0.2) is 0 Å². The maximum atomic E-state index is 10.8. The smallest absolute Gasteiger partial charge is 0.337 e. The molecule has 0 aliphatic carbocycles. The van der Waals surface area contributed by atoms with Crippen LogP contribution >= 0.6 is 11.8 Å². The molecule has 0 aliphatic rings. The highest BCUT2D eigenvalue weighted by Crippen LogP contribution is 2.24. The van der Waals surface area contributed by atoms with Gasteiger partial charge in [0.1, 0.15) is 0 Å². The van der Waals surface area contributed by atoms with Crippen molar-refractivity contribution in [2.45, 2.75) is 4.90 Å². The number of fused-ring (bicyclic) bond motifs is 1. The number of hydrogen-bond donors (Lipinski definition) is 2. The highest BCUT2D eigenvalue weighted by Gasteiger charge is 2.10. The summed E-state index contributed by atoms with van der Waals surface area (Å²) >= 11 is 1.60. The number of hydrogen-bond acceptors (Lipinski definition) is 2. The lowest BCUT2D eigenvalue weighted by Gasteiger charge is -1.96. The van der Waals surface area contributed by atoms with Crippen LogP contribution in [0.3, 0.4) is 0 Å². The van der Waals surface area contributed by atoms with Gasteiger partial charge in [-0.05, 0) is 24.5 Å². The van der Waals surface area contributed by atoms with Gasteiger partial charge in [0.05, 0.1) is 5.56 Å². The summed E-state index contributed by atoms with van der Waals surface area (Å²) in [6.07, 6.45) is 3.49. The van der Waals surface area contributed by atoms with E-state index in [9.17, 15) is 4.79 Å². The van der Waals surface area contributed by atoms with Crippen molar-refractivity contribution in [1.29, 1.82) is 0 Å². The first kappa shape index (κ1) is 9.15. The first-order chi connectivity index (χ1) is 6.72. The van der Waals surface area contributed by atoms with Crippen LogP contribution in [0.25, 0.3) is 10.9 Å². The maximum Gasteiger partial charge on any atom is 0.337 e. The van der Waals surface area contributed by atoms with Gasteiger partial charge in [0.25, 0.3) is 0 Å². The Hall–Kier alpha value is -1.42. The van der Waals surface area contributed by atoms with Crippen molar-refractivity contribution in [1.82, 2.24) is 4.98 Å². The van der Waals surface area contributed by atoms with Gasteiger partial charge < -0.3 is 10.1 Å². The van der Waals surface area contributed by atoms with Crippen LogP contribution in [0.15, 0.2) is 29.3 Å². The van der Waals surface area contributed by atoms with E-state index < -0.39 is 5.97 Å². The molecule has 72 valence electrons. The lowest BCUT2D eigenvalue weighted by molar-refractivity contribution is 0.0699. The van der Waals surface area contributed by atoms with Crippen molar-refractivity contribution in [3.05, 3.63) is 30.0 Å². The number of aromatic carboxylic acids is 1. The summed E-state index contributed by atoms with van der Waals surface area (Å²) in [5.41, 5.74) is 1.19. The van der Waals surface area contributed by atoms with Crippen LogP contribution in [0.4, 0.5) is 0 Å². The van der Waals surface area contributed by atoms with E-state index in [0.717, 1.165) is 15.8 Å². The Bertz CT molecular complexity index is 490. The van der Waals surface area contributed by atoms with Crippen LogP contribution in [0.2, 0.25) is 0 Å². The van der Waals surface area contributed by atoms with Gasteiger partial charge in [-0.2, -0.15) is 0 Å². The van der Waals surface area contributed by atoms with Crippen LogP contribution in [0.1, 0.15) is 10.4 Å². The minimum absolute atomic E-state index is 0.330. The van der Waals surface area contributed by atoms with E-state index >= 15 is 0 Å². The molecule has 14 heavy (non-hydrogen) atoms. The zero-order valence-corrected chi connectivity index (χ0v) is 8.39. The molecule has 0 bridgehead atoms. The molecule has 0 spiro atoms. The largest absolute Gasteiger partial charge is 0.478 e. The second kappa shape index (κ2) is 3.38. The number of benzene rings is 1. The second-order valence-electron chi connectivity index (χ2n) is 2.92. The molecule has 0 aliphatic heterocycles. The second-order valence-corrected chi connectivity index (χ2v) is 3.80. The summed E-state index contributed by atoms with van der Waals surface area (Å²) in [5.74, 6) is -0.894. The lowest BCUT2D eigenvalue weighted by atomic mass is 10.2. The van der Waals surface area contributed by atoms with E-state index in [-0.39, 0.29) is 0 Å². The predicted molar refractivity (Wildman–Crippen MR) is 57.0 cm³/mol. The van der Waals surface area contributed by atoms with Gasteiger partial charge in [0.2, 0.25) is 0 Å². The van der Waals surface area contributed by atoms with Crippen LogP contribution in [-0.2, 0) is 0 Å². The molecular weight excluding hydrogens is 198 g/mol. The normalized spacial score (nSPS) is 10.6. The van der Waals surface area contributed by atoms with Gasteiger partial charge in [0, 0.05) is 22.0 Å². The van der Waals surface area contributed by atoms with Gasteiger partial charge in [-0.3, -0.25) is 0 Å². The van der Waals surface area contributed by atoms with E-state index in [0.29, 0.717) is 5.56 Å². The van der Waals surface area contributed by atoms with Crippen LogP contribution < -0.4 is 0 Å². The van der Waals surface area contributed by atoms with E-state index in [1.807, 2.05) is 24.5 Å². The maximum absolute atomic E-state index is 10.8. The van der Waals surface area contributed by atoms with Gasteiger partial charge in [-0.1, -0.05) is 0 Å². The molecule has 0 amide bonds. The number of carboxylic acid groups (broad SMARTS) is 1. The molecule has 0 fully saturated rings. The minimum Gasteiger partial charge on any atom is -0.478 e. The molecule has 1 aromatic heterocycles. The van der Waals surface area contributed by atoms with Crippen molar-refractivity contribution in [2.75, 3.05) is 6.26 Å². The number of thioether (sulfide) groups is 1. The molecule has 4 heteroatoms. The molecule has 1 aromatic carbocycles. The molecular formula is C10H9NO2S. The Morgan fingerprint density at radius 1 is 1.50 bits per heavy atom. The fourth-order valence-corrected chi connectivity index (χ4v) is 1.84. The number of carbonyl (C=O) groups is 1. The number of nitrogens with one attached hydrogen (secondary N) is 1. The first-order valence-corrected chi connectivity index (χ1v) is 5.33. The molecule has 0 saturated heterocycles. The van der Waals surface area contributed by atoms with E-state index in [2.05, 4.69) is 4.98 Å². The molecule has 2 aromatic rings. The summed E-state index contributed by atoms with van der Waals surface area (Å²) in [6, 6.07) is 5.75. The zero-order chi connectivity index (χ0) is 10.1. The molecule has 2 rings (SSSR count). The standard InChI is InChI=1S/C10H9NO2S/c1-14-6-2-3-9-7(4-6)8(5-11-9)10(12)13/h2-5,11H,1H3,(H,12,13). The van der Waals surface area contributed by atoms with Crippen molar-refractivity contribution >= 4 is 28.6 Å².